The van der Waals surface area contributed by atoms with E-state index in [1.165, 1.54) is 16.8 Å². The first-order chi connectivity index (χ1) is 16.6. The molecular weight excluding hydrogens is 464 g/mol. The van der Waals surface area contributed by atoms with Gasteiger partial charge in [-0.3, -0.25) is 19.0 Å². The van der Waals surface area contributed by atoms with E-state index < -0.39 is 15.6 Å². The summed E-state index contributed by atoms with van der Waals surface area (Å²) in [7, 11) is -2.42. The maximum atomic E-state index is 13.3. The van der Waals surface area contributed by atoms with Crippen LogP contribution in [0.25, 0.3) is 5.69 Å². The average Bonchev–Trinajstić information content (AvgIpc) is 3.04. The van der Waals surface area contributed by atoms with Crippen molar-refractivity contribution >= 4 is 21.6 Å². The van der Waals surface area contributed by atoms with E-state index in [2.05, 4.69) is 17.0 Å². The molecule has 1 aliphatic rings. The van der Waals surface area contributed by atoms with Gasteiger partial charge in [0.2, 0.25) is 0 Å². The first-order valence-corrected chi connectivity index (χ1v) is 13.4. The summed E-state index contributed by atoms with van der Waals surface area (Å²) in [6, 6.07) is 13.5. The first-order valence-electron chi connectivity index (χ1n) is 11.9. The monoisotopic (exact) mass is 496 g/mol. The molecule has 9 heteroatoms. The van der Waals surface area contributed by atoms with Crippen LogP contribution in [-0.4, -0.2) is 29.7 Å². The van der Waals surface area contributed by atoms with E-state index in [4.69, 9.17) is 0 Å². The molecule has 0 saturated heterocycles. The minimum atomic E-state index is -4.12. The summed E-state index contributed by atoms with van der Waals surface area (Å²) in [5, 5.41) is 3.09. The summed E-state index contributed by atoms with van der Waals surface area (Å²) >= 11 is 0. The molecule has 0 spiro atoms. The van der Waals surface area contributed by atoms with Crippen molar-refractivity contribution < 1.29 is 13.2 Å². The molecule has 0 radical (unpaired) electrons. The molecule has 8 nitrogen and oxygen atoms in total. The quantitative estimate of drug-likeness (QED) is 0.540. The summed E-state index contributed by atoms with van der Waals surface area (Å²) in [5.74, 6) is 0.107. The van der Waals surface area contributed by atoms with Crippen LogP contribution in [0.15, 0.2) is 58.2 Å². The van der Waals surface area contributed by atoms with Crippen molar-refractivity contribution in [1.82, 2.24) is 14.7 Å². The highest BCUT2D eigenvalue weighted by molar-refractivity contribution is 7.92. The van der Waals surface area contributed by atoms with E-state index in [1.807, 2.05) is 6.07 Å². The lowest BCUT2D eigenvalue weighted by molar-refractivity contribution is 0.0909. The Morgan fingerprint density at radius 1 is 1.03 bits per heavy atom. The predicted octanol–water partition coefficient (Wildman–Crippen LogP) is 3.90. The van der Waals surface area contributed by atoms with E-state index in [9.17, 15) is 18.0 Å². The second-order valence-electron chi connectivity index (χ2n) is 9.36. The van der Waals surface area contributed by atoms with Gasteiger partial charge in [0.05, 0.1) is 16.3 Å². The molecule has 0 aliphatic heterocycles. The highest BCUT2D eigenvalue weighted by Crippen LogP contribution is 2.25. The topological polar surface area (TPSA) is 102 Å². The predicted molar refractivity (Wildman–Crippen MR) is 137 cm³/mol. The van der Waals surface area contributed by atoms with E-state index in [-0.39, 0.29) is 22.5 Å². The Bertz CT molecular complexity index is 1410. The zero-order valence-electron chi connectivity index (χ0n) is 20.5. The highest BCUT2D eigenvalue weighted by atomic mass is 32.2. The van der Waals surface area contributed by atoms with Crippen molar-refractivity contribution in [3.05, 3.63) is 75.7 Å². The van der Waals surface area contributed by atoms with Crippen LogP contribution in [0.3, 0.4) is 0 Å². The Morgan fingerprint density at radius 3 is 2.40 bits per heavy atom. The van der Waals surface area contributed by atoms with E-state index in [0.29, 0.717) is 28.4 Å². The molecule has 2 N–H and O–H groups in total. The number of aromatic nitrogens is 2. The molecule has 1 amide bonds. The SMILES string of the molecule is Cc1ccc(S(=O)(=O)Nc2c(C)n(C)n(-c3ccccc3)c2=O)cc1C(=O)NC1CCCCC1C. The van der Waals surface area contributed by atoms with Crippen molar-refractivity contribution in [3.8, 4) is 5.69 Å². The number of anilines is 1. The fourth-order valence-corrected chi connectivity index (χ4v) is 5.81. The second-order valence-corrected chi connectivity index (χ2v) is 11.0. The van der Waals surface area contributed by atoms with Crippen molar-refractivity contribution in [2.24, 2.45) is 13.0 Å². The summed E-state index contributed by atoms with van der Waals surface area (Å²) in [4.78, 5) is 26.1. The van der Waals surface area contributed by atoms with Gasteiger partial charge in [0.25, 0.3) is 21.5 Å². The third-order valence-corrected chi connectivity index (χ3v) is 8.33. The summed E-state index contributed by atoms with van der Waals surface area (Å²) in [6.45, 7) is 5.59. The lowest BCUT2D eigenvalue weighted by Gasteiger charge is -2.29. The molecule has 1 saturated carbocycles. The number of sulfonamides is 1. The molecule has 186 valence electrons. The van der Waals surface area contributed by atoms with Crippen molar-refractivity contribution in [2.75, 3.05) is 4.72 Å². The van der Waals surface area contributed by atoms with Gasteiger partial charge in [-0.1, -0.05) is 44.0 Å². The van der Waals surface area contributed by atoms with Gasteiger partial charge in [0.15, 0.2) is 0 Å². The fourth-order valence-electron chi connectivity index (χ4n) is 4.67. The van der Waals surface area contributed by atoms with Crippen LogP contribution in [0.1, 0.15) is 54.2 Å². The van der Waals surface area contributed by atoms with Crippen LogP contribution in [-0.2, 0) is 17.1 Å². The number of para-hydroxylation sites is 1. The van der Waals surface area contributed by atoms with Gasteiger partial charge in [-0.05, 0) is 62.4 Å². The summed E-state index contributed by atoms with van der Waals surface area (Å²) in [6.07, 6.45) is 4.23. The van der Waals surface area contributed by atoms with E-state index in [0.717, 1.165) is 25.7 Å². The number of nitrogens with one attached hydrogen (secondary N) is 2. The molecule has 1 aliphatic carbocycles. The van der Waals surface area contributed by atoms with Gasteiger partial charge >= 0.3 is 0 Å². The van der Waals surface area contributed by atoms with Crippen molar-refractivity contribution in [2.45, 2.75) is 57.4 Å². The van der Waals surface area contributed by atoms with Gasteiger partial charge < -0.3 is 5.32 Å². The Balaban J connectivity index is 1.64. The first kappa shape index (κ1) is 24.8. The van der Waals surface area contributed by atoms with Crippen LogP contribution in [0.2, 0.25) is 0 Å². The summed E-state index contributed by atoms with van der Waals surface area (Å²) < 4.78 is 32.1. The van der Waals surface area contributed by atoms with Gasteiger partial charge in [-0.25, -0.2) is 13.1 Å². The molecule has 0 bridgehead atoms. The number of carbonyl (C=O) groups excluding carboxylic acids is 1. The molecule has 1 heterocycles. The third kappa shape index (κ3) is 4.91. The van der Waals surface area contributed by atoms with Crippen molar-refractivity contribution in [3.63, 3.8) is 0 Å². The van der Waals surface area contributed by atoms with Crippen LogP contribution in [0, 0.1) is 19.8 Å². The number of hydrogen-bond acceptors (Lipinski definition) is 4. The van der Waals surface area contributed by atoms with Crippen molar-refractivity contribution in [1.29, 1.82) is 0 Å². The smallest absolute Gasteiger partial charge is 0.296 e. The van der Waals surface area contributed by atoms with E-state index >= 15 is 0 Å². The normalized spacial score (nSPS) is 18.3. The standard InChI is InChI=1S/C26H32N4O4S/c1-17-14-15-21(16-22(17)25(31)27-23-13-9-8-10-18(23)2)35(33,34)28-24-19(3)29(4)30(26(24)32)20-11-6-5-7-12-20/h5-7,11-12,14-16,18,23,28H,8-10,13H2,1-4H3,(H,27,31). The zero-order chi connectivity index (χ0) is 25.3. The van der Waals surface area contributed by atoms with Crippen LogP contribution in [0.5, 0.6) is 0 Å². The molecule has 35 heavy (non-hydrogen) atoms. The van der Waals surface area contributed by atoms with Gasteiger partial charge in [0, 0.05) is 18.7 Å². The Hall–Kier alpha value is -3.33. The summed E-state index contributed by atoms with van der Waals surface area (Å²) in [5.41, 5.74) is 1.60. The minimum absolute atomic E-state index is 0.0287. The minimum Gasteiger partial charge on any atom is -0.349 e. The number of aryl methyl sites for hydroxylation is 1. The number of benzene rings is 2. The zero-order valence-corrected chi connectivity index (χ0v) is 21.4. The van der Waals surface area contributed by atoms with E-state index in [1.54, 1.807) is 55.9 Å². The van der Waals surface area contributed by atoms with Gasteiger partial charge in [0.1, 0.15) is 5.69 Å². The van der Waals surface area contributed by atoms with Crippen LogP contribution < -0.4 is 15.6 Å². The van der Waals surface area contributed by atoms with Crippen LogP contribution in [0.4, 0.5) is 5.69 Å². The Morgan fingerprint density at radius 2 is 1.71 bits per heavy atom. The maximum absolute atomic E-state index is 13.3. The lowest BCUT2D eigenvalue weighted by atomic mass is 9.86. The van der Waals surface area contributed by atoms with Crippen LogP contribution >= 0.6 is 0 Å². The maximum Gasteiger partial charge on any atom is 0.296 e. The third-order valence-electron chi connectivity index (χ3n) is 6.98. The number of amides is 1. The number of carbonyl (C=O) groups is 1. The van der Waals surface area contributed by atoms with Gasteiger partial charge in [-0.2, -0.15) is 0 Å². The molecule has 3 aromatic rings. The molecule has 1 aromatic heterocycles. The number of nitrogens with zero attached hydrogens (tertiary/aromatic N) is 2. The molecule has 4 rings (SSSR count). The highest BCUT2D eigenvalue weighted by Gasteiger charge is 2.26. The fraction of sp³-hybridized carbons (Fsp3) is 0.385. The average molecular weight is 497 g/mol. The number of rotatable bonds is 6. The molecule has 2 atom stereocenters. The van der Waals surface area contributed by atoms with Gasteiger partial charge in [-0.15, -0.1) is 0 Å². The molecule has 2 unspecified atom stereocenters. The number of hydrogen-bond donors (Lipinski definition) is 2. The second kappa shape index (κ2) is 9.73. The Kier molecular flexibility index (Phi) is 6.89. The largest absolute Gasteiger partial charge is 0.349 e. The molecular formula is C26H32N4O4S. The Labute approximate surface area is 206 Å². The molecule has 1 fully saturated rings. The lowest BCUT2D eigenvalue weighted by Crippen LogP contribution is -2.41. The molecule has 2 aromatic carbocycles.